The molecular formula is C11H12BrFO4. The van der Waals surface area contributed by atoms with Crippen LogP contribution in [0.5, 0.6) is 5.75 Å². The van der Waals surface area contributed by atoms with Gasteiger partial charge in [-0.15, -0.1) is 0 Å². The molecule has 0 aliphatic carbocycles. The van der Waals surface area contributed by atoms with Crippen LogP contribution in [0.25, 0.3) is 0 Å². The Labute approximate surface area is 106 Å². The van der Waals surface area contributed by atoms with Crippen molar-refractivity contribution in [1.82, 2.24) is 0 Å². The first-order chi connectivity index (χ1) is 7.95. The highest BCUT2D eigenvalue weighted by Gasteiger charge is 2.17. The number of hydrogen-bond donors (Lipinski definition) is 2. The van der Waals surface area contributed by atoms with E-state index in [4.69, 9.17) is 9.84 Å². The summed E-state index contributed by atoms with van der Waals surface area (Å²) in [7, 11) is 1.36. The second-order valence-electron chi connectivity index (χ2n) is 3.46. The Bertz CT molecular complexity index is 422. The van der Waals surface area contributed by atoms with Gasteiger partial charge >= 0.3 is 5.97 Å². The molecule has 1 aromatic carbocycles. The second-order valence-corrected chi connectivity index (χ2v) is 4.31. The van der Waals surface area contributed by atoms with Crippen LogP contribution >= 0.6 is 15.9 Å². The minimum Gasteiger partial charge on any atom is -0.496 e. The number of benzene rings is 1. The van der Waals surface area contributed by atoms with E-state index in [0.717, 1.165) is 6.07 Å². The van der Waals surface area contributed by atoms with E-state index >= 15 is 0 Å². The fourth-order valence-corrected chi connectivity index (χ4v) is 1.76. The van der Waals surface area contributed by atoms with Crippen LogP contribution in [0.4, 0.5) is 4.39 Å². The zero-order chi connectivity index (χ0) is 13.0. The van der Waals surface area contributed by atoms with Gasteiger partial charge in [0.1, 0.15) is 11.6 Å². The monoisotopic (exact) mass is 306 g/mol. The van der Waals surface area contributed by atoms with Crippen molar-refractivity contribution in [2.24, 2.45) is 0 Å². The average Bonchev–Trinajstić information content (AvgIpc) is 2.28. The molecule has 0 saturated heterocycles. The zero-order valence-corrected chi connectivity index (χ0v) is 10.7. The molecule has 0 heterocycles. The number of carboxylic acids is 1. The molecule has 0 aliphatic rings. The van der Waals surface area contributed by atoms with Crippen LogP contribution in [0.1, 0.15) is 24.5 Å². The smallest absolute Gasteiger partial charge is 0.303 e. The van der Waals surface area contributed by atoms with E-state index in [1.807, 2.05) is 0 Å². The molecule has 6 heteroatoms. The largest absolute Gasteiger partial charge is 0.496 e. The molecular weight excluding hydrogens is 295 g/mol. The SMILES string of the molecule is COc1cc(F)c(Br)cc1C(O)CCC(=O)O. The van der Waals surface area contributed by atoms with Gasteiger partial charge in [0.25, 0.3) is 0 Å². The van der Waals surface area contributed by atoms with E-state index in [2.05, 4.69) is 15.9 Å². The molecule has 0 radical (unpaired) electrons. The molecule has 0 fully saturated rings. The van der Waals surface area contributed by atoms with Gasteiger partial charge < -0.3 is 14.9 Å². The van der Waals surface area contributed by atoms with Crippen molar-refractivity contribution in [2.75, 3.05) is 7.11 Å². The van der Waals surface area contributed by atoms with Crippen molar-refractivity contribution >= 4 is 21.9 Å². The Hall–Kier alpha value is -1.14. The summed E-state index contributed by atoms with van der Waals surface area (Å²) in [4.78, 5) is 10.4. The Morgan fingerprint density at radius 1 is 1.59 bits per heavy atom. The lowest BCUT2D eigenvalue weighted by molar-refractivity contribution is -0.137. The fraction of sp³-hybridized carbons (Fsp3) is 0.364. The van der Waals surface area contributed by atoms with Crippen molar-refractivity contribution in [1.29, 1.82) is 0 Å². The summed E-state index contributed by atoms with van der Waals surface area (Å²) >= 11 is 3.00. The molecule has 17 heavy (non-hydrogen) atoms. The predicted octanol–water partition coefficient (Wildman–Crippen LogP) is 2.50. The van der Waals surface area contributed by atoms with Crippen LogP contribution in [-0.4, -0.2) is 23.3 Å². The first-order valence-corrected chi connectivity index (χ1v) is 5.67. The van der Waals surface area contributed by atoms with Gasteiger partial charge in [-0.25, -0.2) is 4.39 Å². The number of rotatable bonds is 5. The molecule has 0 bridgehead atoms. The highest BCUT2D eigenvalue weighted by Crippen LogP contribution is 2.32. The normalized spacial score (nSPS) is 12.2. The number of carbonyl (C=O) groups is 1. The summed E-state index contributed by atoms with van der Waals surface area (Å²) in [5, 5.41) is 18.3. The third kappa shape index (κ3) is 3.67. The first kappa shape index (κ1) is 13.9. The Kier molecular flexibility index (Phi) is 4.89. The molecule has 0 amide bonds. The number of aliphatic hydroxyl groups is 1. The van der Waals surface area contributed by atoms with Gasteiger partial charge in [-0.1, -0.05) is 0 Å². The number of aliphatic carboxylic acids is 1. The molecule has 2 N–H and O–H groups in total. The van der Waals surface area contributed by atoms with Gasteiger partial charge in [-0.05, 0) is 28.4 Å². The van der Waals surface area contributed by atoms with Crippen molar-refractivity contribution in [3.63, 3.8) is 0 Å². The van der Waals surface area contributed by atoms with Gasteiger partial charge in [0.2, 0.25) is 0 Å². The molecule has 0 saturated carbocycles. The minimum absolute atomic E-state index is 0.0454. The Balaban J connectivity index is 2.95. The van der Waals surface area contributed by atoms with E-state index < -0.39 is 17.9 Å². The van der Waals surface area contributed by atoms with Crippen molar-refractivity contribution < 1.29 is 24.1 Å². The maximum absolute atomic E-state index is 13.2. The number of ether oxygens (including phenoxy) is 1. The summed E-state index contributed by atoms with van der Waals surface area (Å²) in [6.45, 7) is 0. The van der Waals surface area contributed by atoms with Crippen LogP contribution in [0, 0.1) is 5.82 Å². The van der Waals surface area contributed by atoms with Crippen molar-refractivity contribution in [3.05, 3.63) is 28.0 Å². The van der Waals surface area contributed by atoms with Gasteiger partial charge in [0.15, 0.2) is 0 Å². The fourth-order valence-electron chi connectivity index (χ4n) is 1.40. The molecule has 4 nitrogen and oxygen atoms in total. The van der Waals surface area contributed by atoms with Crippen molar-refractivity contribution in [3.8, 4) is 5.75 Å². The number of methoxy groups -OCH3 is 1. The molecule has 1 atom stereocenters. The molecule has 1 unspecified atom stereocenters. The second kappa shape index (κ2) is 5.97. The maximum Gasteiger partial charge on any atom is 0.303 e. The standard InChI is InChI=1S/C11H12BrFO4/c1-17-10-5-8(13)7(12)4-6(10)9(14)2-3-11(15)16/h4-5,9,14H,2-3H2,1H3,(H,15,16). The van der Waals surface area contributed by atoms with Gasteiger partial charge in [0, 0.05) is 18.1 Å². The van der Waals surface area contributed by atoms with Gasteiger partial charge in [-0.2, -0.15) is 0 Å². The lowest BCUT2D eigenvalue weighted by Crippen LogP contribution is -2.05. The number of hydrogen-bond acceptors (Lipinski definition) is 3. The van der Waals surface area contributed by atoms with Crippen LogP contribution < -0.4 is 4.74 Å². The topological polar surface area (TPSA) is 66.8 Å². The average molecular weight is 307 g/mol. The molecule has 1 rings (SSSR count). The molecule has 0 aromatic heterocycles. The third-order valence-corrected chi connectivity index (χ3v) is 2.87. The lowest BCUT2D eigenvalue weighted by Gasteiger charge is -2.14. The summed E-state index contributed by atoms with van der Waals surface area (Å²) in [5.41, 5.74) is 0.363. The van der Waals surface area contributed by atoms with E-state index in [1.165, 1.54) is 13.2 Å². The molecule has 1 aromatic rings. The molecule has 94 valence electrons. The number of halogens is 2. The summed E-state index contributed by atoms with van der Waals surface area (Å²) in [6.07, 6.45) is -1.12. The maximum atomic E-state index is 13.2. The van der Waals surface area contributed by atoms with Gasteiger partial charge in [-0.3, -0.25) is 4.79 Å². The van der Waals surface area contributed by atoms with E-state index in [9.17, 15) is 14.3 Å². The number of aliphatic hydroxyl groups excluding tert-OH is 1. The van der Waals surface area contributed by atoms with Crippen LogP contribution in [0.2, 0.25) is 0 Å². The van der Waals surface area contributed by atoms with E-state index in [0.29, 0.717) is 5.56 Å². The molecule has 0 spiro atoms. The summed E-state index contributed by atoms with van der Waals surface area (Å²) < 4.78 is 18.4. The lowest BCUT2D eigenvalue weighted by atomic mass is 10.0. The summed E-state index contributed by atoms with van der Waals surface area (Å²) in [5.74, 6) is -1.30. The highest BCUT2D eigenvalue weighted by atomic mass is 79.9. The van der Waals surface area contributed by atoms with Crippen LogP contribution in [-0.2, 0) is 4.79 Å². The van der Waals surface area contributed by atoms with E-state index in [-0.39, 0.29) is 23.1 Å². The van der Waals surface area contributed by atoms with E-state index in [1.54, 1.807) is 0 Å². The minimum atomic E-state index is -1.00. The van der Waals surface area contributed by atoms with Crippen molar-refractivity contribution in [2.45, 2.75) is 18.9 Å². The Morgan fingerprint density at radius 2 is 2.24 bits per heavy atom. The zero-order valence-electron chi connectivity index (χ0n) is 9.11. The van der Waals surface area contributed by atoms with Crippen LogP contribution in [0.15, 0.2) is 16.6 Å². The summed E-state index contributed by atoms with van der Waals surface area (Å²) in [6, 6.07) is 2.53. The quantitative estimate of drug-likeness (QED) is 0.877. The Morgan fingerprint density at radius 3 is 2.76 bits per heavy atom. The highest BCUT2D eigenvalue weighted by molar-refractivity contribution is 9.10. The number of carboxylic acid groups (broad SMARTS) is 1. The third-order valence-electron chi connectivity index (χ3n) is 2.26. The molecule has 0 aliphatic heterocycles. The first-order valence-electron chi connectivity index (χ1n) is 4.88. The van der Waals surface area contributed by atoms with Crippen LogP contribution in [0.3, 0.4) is 0 Å². The van der Waals surface area contributed by atoms with Gasteiger partial charge in [0.05, 0.1) is 17.7 Å². The predicted molar refractivity (Wildman–Crippen MR) is 62.5 cm³/mol.